The maximum atomic E-state index is 12.6. The SMILES string of the molecule is CCOc1cc(C(=O)Nc2ccc(C)cc2Cl)c([N+](=O)[O-])cc1OC. The Balaban J connectivity index is 2.46. The number of amides is 1. The number of methoxy groups -OCH3 is 1. The molecule has 0 aliphatic heterocycles. The lowest BCUT2D eigenvalue weighted by atomic mass is 10.1. The molecule has 0 bridgehead atoms. The summed E-state index contributed by atoms with van der Waals surface area (Å²) in [6, 6.07) is 7.55. The molecule has 0 atom stereocenters. The van der Waals surface area contributed by atoms with Crippen molar-refractivity contribution in [2.75, 3.05) is 19.0 Å². The van der Waals surface area contributed by atoms with Crippen LogP contribution in [0.5, 0.6) is 11.5 Å². The normalized spacial score (nSPS) is 10.2. The highest BCUT2D eigenvalue weighted by Gasteiger charge is 2.25. The van der Waals surface area contributed by atoms with Crippen LogP contribution in [-0.2, 0) is 0 Å². The van der Waals surface area contributed by atoms with Crippen LogP contribution in [0.4, 0.5) is 11.4 Å². The summed E-state index contributed by atoms with van der Waals surface area (Å²) in [6.45, 7) is 3.94. The molecular formula is C17H17ClN2O5. The van der Waals surface area contributed by atoms with Gasteiger partial charge in [0.2, 0.25) is 0 Å². The third-order valence-electron chi connectivity index (χ3n) is 3.40. The lowest BCUT2D eigenvalue weighted by molar-refractivity contribution is -0.385. The van der Waals surface area contributed by atoms with Gasteiger partial charge in [-0.2, -0.15) is 0 Å². The molecule has 25 heavy (non-hydrogen) atoms. The molecule has 0 fully saturated rings. The van der Waals surface area contributed by atoms with Crippen molar-refractivity contribution in [3.8, 4) is 11.5 Å². The maximum Gasteiger partial charge on any atom is 0.286 e. The van der Waals surface area contributed by atoms with Crippen molar-refractivity contribution in [1.29, 1.82) is 0 Å². The van der Waals surface area contributed by atoms with E-state index in [-0.39, 0.29) is 22.7 Å². The van der Waals surface area contributed by atoms with Gasteiger partial charge < -0.3 is 14.8 Å². The quantitative estimate of drug-likeness (QED) is 0.612. The van der Waals surface area contributed by atoms with E-state index in [1.54, 1.807) is 25.1 Å². The van der Waals surface area contributed by atoms with Gasteiger partial charge in [0.15, 0.2) is 11.5 Å². The molecule has 0 saturated heterocycles. The van der Waals surface area contributed by atoms with Crippen molar-refractivity contribution in [1.82, 2.24) is 0 Å². The van der Waals surface area contributed by atoms with Crippen molar-refractivity contribution in [2.45, 2.75) is 13.8 Å². The summed E-state index contributed by atoms with van der Waals surface area (Å²) in [6.07, 6.45) is 0. The zero-order chi connectivity index (χ0) is 18.6. The molecule has 0 aliphatic rings. The largest absolute Gasteiger partial charge is 0.493 e. The zero-order valence-electron chi connectivity index (χ0n) is 14.0. The minimum absolute atomic E-state index is 0.147. The first-order valence-electron chi connectivity index (χ1n) is 7.44. The second-order valence-electron chi connectivity index (χ2n) is 5.15. The van der Waals surface area contributed by atoms with Crippen LogP contribution in [0.25, 0.3) is 0 Å². The average molecular weight is 365 g/mol. The summed E-state index contributed by atoms with van der Waals surface area (Å²) in [4.78, 5) is 23.2. The van der Waals surface area contributed by atoms with Gasteiger partial charge in [0.1, 0.15) is 5.56 Å². The Morgan fingerprint density at radius 1 is 1.28 bits per heavy atom. The summed E-state index contributed by atoms with van der Waals surface area (Å²) < 4.78 is 10.5. The first-order chi connectivity index (χ1) is 11.9. The molecule has 0 radical (unpaired) electrons. The summed E-state index contributed by atoms with van der Waals surface area (Å²) in [5, 5.41) is 14.3. The molecule has 0 aliphatic carbocycles. The number of nitrogens with one attached hydrogen (secondary N) is 1. The number of rotatable bonds is 6. The lowest BCUT2D eigenvalue weighted by Gasteiger charge is -2.12. The van der Waals surface area contributed by atoms with E-state index in [9.17, 15) is 14.9 Å². The number of ether oxygens (including phenoxy) is 2. The smallest absolute Gasteiger partial charge is 0.286 e. The highest BCUT2D eigenvalue weighted by molar-refractivity contribution is 6.34. The Morgan fingerprint density at radius 3 is 2.56 bits per heavy atom. The number of aryl methyl sites for hydroxylation is 1. The fraction of sp³-hybridized carbons (Fsp3) is 0.235. The highest BCUT2D eigenvalue weighted by Crippen LogP contribution is 2.35. The van der Waals surface area contributed by atoms with E-state index < -0.39 is 10.8 Å². The van der Waals surface area contributed by atoms with Crippen LogP contribution < -0.4 is 14.8 Å². The fourth-order valence-corrected chi connectivity index (χ4v) is 2.50. The summed E-state index contributed by atoms with van der Waals surface area (Å²) in [5.41, 5.74) is 0.754. The van der Waals surface area contributed by atoms with Crippen LogP contribution >= 0.6 is 11.6 Å². The second-order valence-corrected chi connectivity index (χ2v) is 5.55. The van der Waals surface area contributed by atoms with Gasteiger partial charge in [-0.3, -0.25) is 14.9 Å². The molecule has 2 aromatic carbocycles. The number of halogens is 1. The second kappa shape index (κ2) is 7.85. The van der Waals surface area contributed by atoms with E-state index in [0.717, 1.165) is 11.6 Å². The van der Waals surface area contributed by atoms with E-state index in [1.165, 1.54) is 13.2 Å². The van der Waals surface area contributed by atoms with Gasteiger partial charge in [-0.1, -0.05) is 17.7 Å². The molecule has 1 amide bonds. The van der Waals surface area contributed by atoms with Crippen molar-refractivity contribution in [2.24, 2.45) is 0 Å². The number of benzene rings is 2. The first kappa shape index (κ1) is 18.5. The summed E-state index contributed by atoms with van der Waals surface area (Å²) in [7, 11) is 1.37. The number of hydrogen-bond donors (Lipinski definition) is 1. The van der Waals surface area contributed by atoms with Crippen LogP contribution in [0.3, 0.4) is 0 Å². The number of nitrogens with zero attached hydrogens (tertiary/aromatic N) is 1. The predicted octanol–water partition coefficient (Wildman–Crippen LogP) is 4.22. The Morgan fingerprint density at radius 2 is 2.00 bits per heavy atom. The molecule has 0 heterocycles. The highest BCUT2D eigenvalue weighted by atomic mass is 35.5. The molecule has 0 unspecified atom stereocenters. The zero-order valence-corrected chi connectivity index (χ0v) is 14.7. The van der Waals surface area contributed by atoms with Crippen LogP contribution in [0.2, 0.25) is 5.02 Å². The van der Waals surface area contributed by atoms with E-state index in [2.05, 4.69) is 5.32 Å². The number of carbonyl (C=O) groups excluding carboxylic acids is 1. The van der Waals surface area contributed by atoms with Crippen LogP contribution in [0.15, 0.2) is 30.3 Å². The van der Waals surface area contributed by atoms with Gasteiger partial charge in [-0.05, 0) is 31.5 Å². The number of carbonyl (C=O) groups is 1. The Bertz CT molecular complexity index is 823. The third-order valence-corrected chi connectivity index (χ3v) is 3.71. The van der Waals surface area contributed by atoms with Crippen molar-refractivity contribution in [3.05, 3.63) is 56.6 Å². The summed E-state index contributed by atoms with van der Waals surface area (Å²) >= 11 is 6.10. The number of hydrogen-bond acceptors (Lipinski definition) is 5. The van der Waals surface area contributed by atoms with Gasteiger partial charge in [-0.25, -0.2) is 0 Å². The molecule has 0 aromatic heterocycles. The number of nitro benzene ring substituents is 1. The molecule has 2 rings (SSSR count). The predicted molar refractivity (Wildman–Crippen MR) is 95.0 cm³/mol. The molecule has 1 N–H and O–H groups in total. The minimum atomic E-state index is -0.666. The van der Waals surface area contributed by atoms with Crippen LogP contribution in [0.1, 0.15) is 22.8 Å². The van der Waals surface area contributed by atoms with E-state index in [1.807, 2.05) is 6.92 Å². The van der Waals surface area contributed by atoms with Crippen molar-refractivity contribution in [3.63, 3.8) is 0 Å². The fourth-order valence-electron chi connectivity index (χ4n) is 2.22. The number of anilines is 1. The molecule has 7 nitrogen and oxygen atoms in total. The molecule has 132 valence electrons. The third kappa shape index (κ3) is 4.19. The molecule has 0 saturated carbocycles. The Labute approximate surface area is 149 Å². The first-order valence-corrected chi connectivity index (χ1v) is 7.81. The Hall–Kier alpha value is -2.80. The molecular weight excluding hydrogens is 348 g/mol. The van der Waals surface area contributed by atoms with Gasteiger partial charge in [0.25, 0.3) is 11.6 Å². The van der Waals surface area contributed by atoms with Gasteiger partial charge in [-0.15, -0.1) is 0 Å². The lowest BCUT2D eigenvalue weighted by Crippen LogP contribution is -2.15. The molecule has 0 spiro atoms. The van der Waals surface area contributed by atoms with E-state index >= 15 is 0 Å². The van der Waals surface area contributed by atoms with E-state index in [0.29, 0.717) is 17.3 Å². The van der Waals surface area contributed by atoms with Crippen molar-refractivity contribution >= 4 is 28.9 Å². The van der Waals surface area contributed by atoms with Gasteiger partial charge in [0, 0.05) is 6.07 Å². The number of nitro groups is 1. The van der Waals surface area contributed by atoms with Crippen LogP contribution in [-0.4, -0.2) is 24.5 Å². The molecule has 8 heteroatoms. The maximum absolute atomic E-state index is 12.6. The standard InChI is InChI=1S/C17H17ClN2O5/c1-4-25-16-8-11(14(20(22)23)9-15(16)24-3)17(21)19-13-6-5-10(2)7-12(13)18/h5-9H,4H2,1-3H3,(H,19,21). The van der Waals surface area contributed by atoms with E-state index in [4.69, 9.17) is 21.1 Å². The minimum Gasteiger partial charge on any atom is -0.493 e. The topological polar surface area (TPSA) is 90.7 Å². The van der Waals surface area contributed by atoms with Gasteiger partial charge >= 0.3 is 0 Å². The summed E-state index contributed by atoms with van der Waals surface area (Å²) in [5.74, 6) is -0.240. The Kier molecular flexibility index (Phi) is 5.82. The van der Waals surface area contributed by atoms with Crippen LogP contribution in [0, 0.1) is 17.0 Å². The monoisotopic (exact) mass is 364 g/mol. The molecule has 2 aromatic rings. The van der Waals surface area contributed by atoms with Gasteiger partial charge in [0.05, 0.1) is 35.4 Å². The average Bonchev–Trinajstić information content (AvgIpc) is 2.57. The van der Waals surface area contributed by atoms with Crippen molar-refractivity contribution < 1.29 is 19.2 Å².